The van der Waals surface area contributed by atoms with Gasteiger partial charge in [-0.3, -0.25) is 10.1 Å². The van der Waals surface area contributed by atoms with E-state index >= 15 is 0 Å². The molecule has 4 nitrogen and oxygen atoms in total. The van der Waals surface area contributed by atoms with Crippen molar-refractivity contribution in [1.82, 2.24) is 10.2 Å². The largest absolute Gasteiger partial charge is 0.344 e. The Morgan fingerprint density at radius 1 is 1.20 bits per heavy atom. The fraction of sp³-hybridized carbons (Fsp3) is 0.167. The lowest BCUT2D eigenvalue weighted by molar-refractivity contribution is 0.0973. The number of hydrogen-bond donors (Lipinski definition) is 1. The predicted molar refractivity (Wildman–Crippen MR) is 104 cm³/mol. The Hall–Kier alpha value is -2.13. The molecule has 0 aromatic heterocycles. The summed E-state index contributed by atoms with van der Waals surface area (Å²) in [4.78, 5) is 14.2. The molecule has 2 aromatic carbocycles. The first-order chi connectivity index (χ1) is 12.0. The van der Waals surface area contributed by atoms with Gasteiger partial charge in [0, 0.05) is 18.1 Å². The zero-order chi connectivity index (χ0) is 18.2. The quantitative estimate of drug-likeness (QED) is 0.766. The Morgan fingerprint density at radius 2 is 1.92 bits per heavy atom. The van der Waals surface area contributed by atoms with Crippen LogP contribution in [0.15, 0.2) is 48.5 Å². The number of amides is 1. The van der Waals surface area contributed by atoms with Crippen LogP contribution < -0.4 is 5.32 Å². The molecule has 128 valence electrons. The molecule has 1 N–H and O–H groups in total. The molecule has 0 aliphatic carbocycles. The van der Waals surface area contributed by atoms with Gasteiger partial charge >= 0.3 is 0 Å². The highest BCUT2D eigenvalue weighted by Crippen LogP contribution is 2.21. The van der Waals surface area contributed by atoms with Gasteiger partial charge in [0.15, 0.2) is 5.11 Å². The summed E-state index contributed by atoms with van der Waals surface area (Å²) in [5, 5.41) is 12.5. The number of hydrogen-bond acceptors (Lipinski definition) is 3. The second-order valence-corrected chi connectivity index (χ2v) is 6.43. The van der Waals surface area contributed by atoms with Crippen molar-refractivity contribution in [1.29, 1.82) is 5.26 Å². The lowest BCUT2D eigenvalue weighted by atomic mass is 10.2. The smallest absolute Gasteiger partial charge is 0.258 e. The monoisotopic (exact) mass is 391 g/mol. The molecule has 0 atom stereocenters. The number of thiocarbonyl (C=S) groups is 1. The SMILES string of the molecule is N#CCCN(Cc1ccccc1)C(=S)NC(=O)c1ccc(Cl)cc1Cl. The Kier molecular flexibility index (Phi) is 7.20. The third kappa shape index (κ3) is 5.71. The third-order valence-electron chi connectivity index (χ3n) is 3.39. The number of nitriles is 1. The summed E-state index contributed by atoms with van der Waals surface area (Å²) < 4.78 is 0. The van der Waals surface area contributed by atoms with Crippen LogP contribution in [-0.4, -0.2) is 22.5 Å². The van der Waals surface area contributed by atoms with E-state index in [-0.39, 0.29) is 15.7 Å². The number of nitrogens with one attached hydrogen (secondary N) is 1. The first kappa shape index (κ1) is 19.2. The Bertz CT molecular complexity index is 806. The van der Waals surface area contributed by atoms with Gasteiger partial charge in [0.1, 0.15) is 0 Å². The van der Waals surface area contributed by atoms with Crippen LogP contribution in [0.3, 0.4) is 0 Å². The van der Waals surface area contributed by atoms with Crippen molar-refractivity contribution in [2.75, 3.05) is 6.54 Å². The zero-order valence-corrected chi connectivity index (χ0v) is 15.5. The standard InChI is InChI=1S/C18H15Cl2N3OS/c19-14-7-8-15(16(20)11-14)17(24)22-18(25)23(10-4-9-21)12-13-5-2-1-3-6-13/h1-3,5-8,11H,4,10,12H2,(H,22,24,25). The molecular weight excluding hydrogens is 377 g/mol. The third-order valence-corrected chi connectivity index (χ3v) is 4.30. The number of carbonyl (C=O) groups excluding carboxylic acids is 1. The number of halogens is 2. The van der Waals surface area contributed by atoms with Crippen LogP contribution >= 0.6 is 35.4 Å². The number of carbonyl (C=O) groups is 1. The van der Waals surface area contributed by atoms with Crippen LogP contribution in [0.1, 0.15) is 22.3 Å². The van der Waals surface area contributed by atoms with E-state index in [2.05, 4.69) is 11.4 Å². The van der Waals surface area contributed by atoms with Crippen LogP contribution in [0, 0.1) is 11.3 Å². The highest BCUT2D eigenvalue weighted by Gasteiger charge is 2.16. The molecule has 0 radical (unpaired) electrons. The van der Waals surface area contributed by atoms with Crippen LogP contribution in [0.2, 0.25) is 10.0 Å². The zero-order valence-electron chi connectivity index (χ0n) is 13.2. The lowest BCUT2D eigenvalue weighted by Gasteiger charge is -2.24. The molecule has 25 heavy (non-hydrogen) atoms. The molecule has 2 aromatic rings. The van der Waals surface area contributed by atoms with Gasteiger partial charge in [-0.2, -0.15) is 5.26 Å². The van der Waals surface area contributed by atoms with E-state index in [1.165, 1.54) is 6.07 Å². The summed E-state index contributed by atoms with van der Waals surface area (Å²) in [6, 6.07) is 16.4. The van der Waals surface area contributed by atoms with Crippen LogP contribution in [-0.2, 0) is 6.54 Å². The number of rotatable bonds is 5. The second kappa shape index (κ2) is 9.38. The van der Waals surface area contributed by atoms with E-state index in [4.69, 9.17) is 40.7 Å². The van der Waals surface area contributed by atoms with Gasteiger partial charge in [-0.1, -0.05) is 53.5 Å². The summed E-state index contributed by atoms with van der Waals surface area (Å²) in [5.41, 5.74) is 1.31. The first-order valence-electron chi connectivity index (χ1n) is 7.47. The van der Waals surface area contributed by atoms with Gasteiger partial charge in [-0.15, -0.1) is 0 Å². The van der Waals surface area contributed by atoms with Gasteiger partial charge < -0.3 is 4.90 Å². The van der Waals surface area contributed by atoms with E-state index in [1.54, 1.807) is 17.0 Å². The van der Waals surface area contributed by atoms with Crippen molar-refractivity contribution >= 4 is 46.4 Å². The molecular formula is C18H15Cl2N3OS. The van der Waals surface area contributed by atoms with Gasteiger partial charge in [-0.05, 0) is 36.0 Å². The maximum absolute atomic E-state index is 12.4. The Labute approximate surface area is 162 Å². The summed E-state index contributed by atoms with van der Waals surface area (Å²) in [7, 11) is 0. The maximum Gasteiger partial charge on any atom is 0.258 e. The van der Waals surface area contributed by atoms with Crippen molar-refractivity contribution in [3.63, 3.8) is 0 Å². The Balaban J connectivity index is 2.10. The van der Waals surface area contributed by atoms with Crippen LogP contribution in [0.4, 0.5) is 0 Å². The summed E-state index contributed by atoms with van der Waals surface area (Å²) in [6.07, 6.45) is 0.296. The number of benzene rings is 2. The molecule has 0 spiro atoms. The summed E-state index contributed by atoms with van der Waals surface area (Å²) >= 11 is 17.2. The van der Waals surface area contributed by atoms with Crippen molar-refractivity contribution in [3.8, 4) is 6.07 Å². The van der Waals surface area contributed by atoms with Crippen LogP contribution in [0.5, 0.6) is 0 Å². The molecule has 0 aliphatic heterocycles. The predicted octanol–water partition coefficient (Wildman–Crippen LogP) is 4.42. The van der Waals surface area contributed by atoms with Crippen molar-refractivity contribution in [2.45, 2.75) is 13.0 Å². The first-order valence-corrected chi connectivity index (χ1v) is 8.64. The molecule has 0 fully saturated rings. The second-order valence-electron chi connectivity index (χ2n) is 5.20. The minimum Gasteiger partial charge on any atom is -0.344 e. The van der Waals surface area contributed by atoms with Gasteiger partial charge in [0.2, 0.25) is 0 Å². The molecule has 7 heteroatoms. The van der Waals surface area contributed by atoms with Gasteiger partial charge in [0.25, 0.3) is 5.91 Å². The summed E-state index contributed by atoms with van der Waals surface area (Å²) in [6.45, 7) is 0.912. The minimum atomic E-state index is -0.415. The van der Waals surface area contributed by atoms with E-state index in [1.807, 2.05) is 30.3 Å². The molecule has 2 rings (SSSR count). The molecule has 0 unspecified atom stereocenters. The van der Waals surface area contributed by atoms with E-state index in [0.29, 0.717) is 24.5 Å². The van der Waals surface area contributed by atoms with Gasteiger partial charge in [0.05, 0.1) is 23.1 Å². The molecule has 0 saturated carbocycles. The highest BCUT2D eigenvalue weighted by molar-refractivity contribution is 7.80. The topological polar surface area (TPSA) is 56.1 Å². The molecule has 0 bridgehead atoms. The van der Waals surface area contributed by atoms with Crippen molar-refractivity contribution in [2.24, 2.45) is 0 Å². The average molecular weight is 392 g/mol. The highest BCUT2D eigenvalue weighted by atomic mass is 35.5. The van der Waals surface area contributed by atoms with Crippen molar-refractivity contribution in [3.05, 3.63) is 69.7 Å². The van der Waals surface area contributed by atoms with Crippen molar-refractivity contribution < 1.29 is 4.79 Å². The minimum absolute atomic E-state index is 0.245. The van der Waals surface area contributed by atoms with Gasteiger partial charge in [-0.25, -0.2) is 0 Å². The average Bonchev–Trinajstić information content (AvgIpc) is 2.59. The normalized spacial score (nSPS) is 9.96. The van der Waals surface area contributed by atoms with Crippen LogP contribution in [0.25, 0.3) is 0 Å². The fourth-order valence-corrected chi connectivity index (χ4v) is 2.90. The maximum atomic E-state index is 12.4. The lowest BCUT2D eigenvalue weighted by Crippen LogP contribution is -2.42. The molecule has 0 heterocycles. The van der Waals surface area contributed by atoms with E-state index in [9.17, 15) is 4.79 Å². The van der Waals surface area contributed by atoms with E-state index in [0.717, 1.165) is 5.56 Å². The number of nitrogens with zero attached hydrogens (tertiary/aromatic N) is 2. The molecule has 0 saturated heterocycles. The Morgan fingerprint density at radius 3 is 2.56 bits per heavy atom. The van der Waals surface area contributed by atoms with E-state index < -0.39 is 5.91 Å². The fourth-order valence-electron chi connectivity index (χ4n) is 2.16. The summed E-state index contributed by atoms with van der Waals surface area (Å²) in [5.74, 6) is -0.415. The molecule has 1 amide bonds. The molecule has 0 aliphatic rings.